The normalized spacial score (nSPS) is 11.9. The number of ether oxygens (including phenoxy) is 2. The molecule has 0 saturated heterocycles. The summed E-state index contributed by atoms with van der Waals surface area (Å²) in [7, 11) is 1.27. The second-order valence-corrected chi connectivity index (χ2v) is 3.67. The Morgan fingerprint density at radius 2 is 2.16 bits per heavy atom. The predicted octanol–water partition coefficient (Wildman–Crippen LogP) is 0.146. The monoisotopic (exact) mass is 262 g/mol. The number of rotatable bonds is 5. The van der Waals surface area contributed by atoms with E-state index in [9.17, 15) is 4.79 Å². The van der Waals surface area contributed by atoms with Crippen LogP contribution in [0.1, 0.15) is 0 Å². The van der Waals surface area contributed by atoms with Crippen LogP contribution < -0.4 is 10.5 Å². The Morgan fingerprint density at radius 1 is 1.42 bits per heavy atom. The Labute approximate surface area is 110 Å². The average Bonchev–Trinajstić information content (AvgIpc) is 2.93. The molecule has 2 aromatic rings. The fourth-order valence-corrected chi connectivity index (χ4v) is 1.46. The van der Waals surface area contributed by atoms with E-state index < -0.39 is 12.1 Å². The van der Waals surface area contributed by atoms with Crippen LogP contribution in [-0.2, 0) is 9.53 Å². The summed E-state index contributed by atoms with van der Waals surface area (Å²) in [6.07, 6.45) is 0.590. The standard InChI is InChI=1S/C12H14N4O3/c1-18-11(17)10(7-13)19-12-14-8-16(15-12)9-5-3-2-4-6-9/h2-6,8,10H,7,13H2,1H3. The van der Waals surface area contributed by atoms with Gasteiger partial charge < -0.3 is 15.2 Å². The Bertz CT molecular complexity index is 541. The third kappa shape index (κ3) is 3.08. The van der Waals surface area contributed by atoms with Gasteiger partial charge in [0.25, 0.3) is 0 Å². The lowest BCUT2D eigenvalue weighted by Crippen LogP contribution is -2.36. The highest BCUT2D eigenvalue weighted by Crippen LogP contribution is 2.09. The number of para-hydroxylation sites is 1. The van der Waals surface area contributed by atoms with Crippen LogP contribution in [0.25, 0.3) is 5.69 Å². The smallest absolute Gasteiger partial charge is 0.348 e. The molecule has 0 aliphatic heterocycles. The van der Waals surface area contributed by atoms with Gasteiger partial charge in [0.15, 0.2) is 0 Å². The molecule has 0 aliphatic carbocycles. The first-order valence-electron chi connectivity index (χ1n) is 5.66. The van der Waals surface area contributed by atoms with Gasteiger partial charge in [-0.05, 0) is 12.1 Å². The van der Waals surface area contributed by atoms with Crippen molar-refractivity contribution in [3.8, 4) is 11.7 Å². The van der Waals surface area contributed by atoms with Gasteiger partial charge in [0.1, 0.15) is 6.33 Å². The SMILES string of the molecule is COC(=O)C(CN)Oc1ncn(-c2ccccc2)n1. The molecule has 7 nitrogen and oxygen atoms in total. The van der Waals surface area contributed by atoms with Gasteiger partial charge in [-0.3, -0.25) is 0 Å². The minimum Gasteiger partial charge on any atom is -0.466 e. The van der Waals surface area contributed by atoms with Crippen molar-refractivity contribution in [3.05, 3.63) is 36.7 Å². The van der Waals surface area contributed by atoms with Crippen LogP contribution >= 0.6 is 0 Å². The zero-order valence-electron chi connectivity index (χ0n) is 10.4. The lowest BCUT2D eigenvalue weighted by atomic mass is 10.3. The summed E-state index contributed by atoms with van der Waals surface area (Å²) >= 11 is 0. The van der Waals surface area contributed by atoms with Gasteiger partial charge in [-0.1, -0.05) is 18.2 Å². The number of carbonyl (C=O) groups is 1. The topological polar surface area (TPSA) is 92.3 Å². The lowest BCUT2D eigenvalue weighted by Gasteiger charge is -2.11. The van der Waals surface area contributed by atoms with Crippen molar-refractivity contribution in [2.45, 2.75) is 6.10 Å². The Kier molecular flexibility index (Phi) is 4.09. The van der Waals surface area contributed by atoms with E-state index in [1.807, 2.05) is 30.3 Å². The van der Waals surface area contributed by atoms with E-state index in [4.69, 9.17) is 10.5 Å². The maximum Gasteiger partial charge on any atom is 0.348 e. The molecule has 1 atom stereocenters. The summed E-state index contributed by atoms with van der Waals surface area (Å²) in [6, 6.07) is 9.49. The fourth-order valence-electron chi connectivity index (χ4n) is 1.46. The van der Waals surface area contributed by atoms with Gasteiger partial charge in [-0.2, -0.15) is 4.98 Å². The molecular weight excluding hydrogens is 248 g/mol. The zero-order chi connectivity index (χ0) is 13.7. The minimum atomic E-state index is -0.906. The summed E-state index contributed by atoms with van der Waals surface area (Å²) in [5, 5.41) is 4.10. The van der Waals surface area contributed by atoms with E-state index in [-0.39, 0.29) is 12.6 Å². The maximum absolute atomic E-state index is 11.3. The van der Waals surface area contributed by atoms with E-state index >= 15 is 0 Å². The summed E-state index contributed by atoms with van der Waals surface area (Å²) in [4.78, 5) is 15.3. The van der Waals surface area contributed by atoms with Crippen molar-refractivity contribution in [1.82, 2.24) is 14.8 Å². The van der Waals surface area contributed by atoms with Gasteiger partial charge in [0.2, 0.25) is 6.10 Å². The molecule has 0 amide bonds. The number of hydrogen-bond acceptors (Lipinski definition) is 6. The number of hydrogen-bond donors (Lipinski definition) is 1. The molecule has 19 heavy (non-hydrogen) atoms. The summed E-state index contributed by atoms with van der Waals surface area (Å²) in [5.41, 5.74) is 6.27. The van der Waals surface area contributed by atoms with Crippen molar-refractivity contribution in [2.75, 3.05) is 13.7 Å². The molecule has 0 spiro atoms. The maximum atomic E-state index is 11.3. The predicted molar refractivity (Wildman–Crippen MR) is 66.8 cm³/mol. The number of carbonyl (C=O) groups excluding carboxylic acids is 1. The third-order valence-electron chi connectivity index (χ3n) is 2.42. The molecule has 0 radical (unpaired) electrons. The molecule has 1 unspecified atom stereocenters. The van der Waals surface area contributed by atoms with Gasteiger partial charge >= 0.3 is 12.0 Å². The highest BCUT2D eigenvalue weighted by molar-refractivity contribution is 5.75. The fraction of sp³-hybridized carbons (Fsp3) is 0.250. The molecule has 1 aromatic carbocycles. The summed E-state index contributed by atoms with van der Waals surface area (Å²) in [6.45, 7) is -0.00739. The molecule has 0 aliphatic rings. The number of aromatic nitrogens is 3. The molecule has 7 heteroatoms. The van der Waals surface area contributed by atoms with Crippen LogP contribution in [0.4, 0.5) is 0 Å². The Balaban J connectivity index is 2.11. The molecule has 100 valence electrons. The molecule has 1 aromatic heterocycles. The largest absolute Gasteiger partial charge is 0.466 e. The molecule has 0 saturated carbocycles. The van der Waals surface area contributed by atoms with Crippen molar-refractivity contribution < 1.29 is 14.3 Å². The van der Waals surface area contributed by atoms with Crippen LogP contribution in [0.2, 0.25) is 0 Å². The Hall–Kier alpha value is -2.41. The average molecular weight is 262 g/mol. The van der Waals surface area contributed by atoms with Crippen LogP contribution in [0.15, 0.2) is 36.7 Å². The van der Waals surface area contributed by atoms with Gasteiger partial charge in [0.05, 0.1) is 12.8 Å². The van der Waals surface area contributed by atoms with E-state index in [1.165, 1.54) is 13.4 Å². The van der Waals surface area contributed by atoms with Gasteiger partial charge in [-0.25, -0.2) is 9.48 Å². The van der Waals surface area contributed by atoms with Crippen LogP contribution in [0.3, 0.4) is 0 Å². The zero-order valence-corrected chi connectivity index (χ0v) is 10.4. The highest BCUT2D eigenvalue weighted by Gasteiger charge is 2.21. The minimum absolute atomic E-state index is 0.00739. The van der Waals surface area contributed by atoms with Crippen LogP contribution in [-0.4, -0.2) is 40.5 Å². The van der Waals surface area contributed by atoms with Crippen LogP contribution in [0.5, 0.6) is 6.01 Å². The number of nitrogens with zero attached hydrogens (tertiary/aromatic N) is 3. The highest BCUT2D eigenvalue weighted by atomic mass is 16.6. The van der Waals surface area contributed by atoms with Crippen molar-refractivity contribution in [3.63, 3.8) is 0 Å². The quantitative estimate of drug-likeness (QED) is 0.771. The van der Waals surface area contributed by atoms with Crippen LogP contribution in [0, 0.1) is 0 Å². The van der Waals surface area contributed by atoms with Crippen molar-refractivity contribution in [2.24, 2.45) is 5.73 Å². The second kappa shape index (κ2) is 5.96. The number of esters is 1. The molecule has 2 rings (SSSR count). The first-order chi connectivity index (χ1) is 9.24. The first-order valence-corrected chi connectivity index (χ1v) is 5.66. The lowest BCUT2D eigenvalue weighted by molar-refractivity contribution is -0.148. The first kappa shape index (κ1) is 13.0. The second-order valence-electron chi connectivity index (χ2n) is 3.67. The summed E-state index contributed by atoms with van der Waals surface area (Å²) in [5.74, 6) is -0.557. The Morgan fingerprint density at radius 3 is 2.79 bits per heavy atom. The molecule has 0 fully saturated rings. The van der Waals surface area contributed by atoms with E-state index in [2.05, 4.69) is 14.8 Å². The van der Waals surface area contributed by atoms with Gasteiger partial charge in [0, 0.05) is 6.54 Å². The molecular formula is C12H14N4O3. The van der Waals surface area contributed by atoms with Crippen molar-refractivity contribution in [1.29, 1.82) is 0 Å². The molecule has 2 N–H and O–H groups in total. The molecule has 1 heterocycles. The van der Waals surface area contributed by atoms with E-state index in [0.29, 0.717) is 0 Å². The number of benzene rings is 1. The number of nitrogens with two attached hydrogens (primary N) is 1. The third-order valence-corrected chi connectivity index (χ3v) is 2.42. The van der Waals surface area contributed by atoms with E-state index in [0.717, 1.165) is 5.69 Å². The summed E-state index contributed by atoms with van der Waals surface area (Å²) < 4.78 is 11.4. The van der Waals surface area contributed by atoms with Gasteiger partial charge in [-0.15, -0.1) is 5.10 Å². The number of methoxy groups -OCH3 is 1. The van der Waals surface area contributed by atoms with E-state index in [1.54, 1.807) is 4.68 Å². The molecule has 0 bridgehead atoms. The van der Waals surface area contributed by atoms with Crippen molar-refractivity contribution >= 4 is 5.97 Å².